The Morgan fingerprint density at radius 1 is 1.50 bits per heavy atom. The largest absolute Gasteiger partial charge is 0.501 e. The van der Waals surface area contributed by atoms with Gasteiger partial charge in [-0.3, -0.25) is 4.98 Å². The zero-order chi connectivity index (χ0) is 11.4. The molecular formula is C13H18N2O. The van der Waals surface area contributed by atoms with Crippen molar-refractivity contribution in [2.24, 2.45) is 0 Å². The predicted octanol–water partition coefficient (Wildman–Crippen LogP) is 2.34. The molecule has 0 fully saturated rings. The van der Waals surface area contributed by atoms with E-state index in [4.69, 9.17) is 4.74 Å². The molecule has 1 aromatic heterocycles. The zero-order valence-corrected chi connectivity index (χ0v) is 9.86. The highest BCUT2D eigenvalue weighted by molar-refractivity contribution is 5.25. The molecule has 0 aliphatic carbocycles. The monoisotopic (exact) mass is 218 g/mol. The second-order valence-corrected chi connectivity index (χ2v) is 4.15. The van der Waals surface area contributed by atoms with Crippen molar-refractivity contribution < 1.29 is 4.74 Å². The van der Waals surface area contributed by atoms with Crippen molar-refractivity contribution in [2.45, 2.75) is 25.8 Å². The third kappa shape index (κ3) is 2.42. The lowest BCUT2D eigenvalue weighted by molar-refractivity contribution is 0.219. The van der Waals surface area contributed by atoms with E-state index in [1.807, 2.05) is 25.6 Å². The molecule has 1 unspecified atom stereocenters. The van der Waals surface area contributed by atoms with Gasteiger partial charge in [-0.05, 0) is 50.1 Å². The van der Waals surface area contributed by atoms with Crippen molar-refractivity contribution in [3.05, 3.63) is 41.4 Å². The van der Waals surface area contributed by atoms with Gasteiger partial charge in [0.05, 0.1) is 24.6 Å². The number of rotatable bonds is 3. The van der Waals surface area contributed by atoms with E-state index in [-0.39, 0.29) is 6.04 Å². The van der Waals surface area contributed by atoms with Gasteiger partial charge in [-0.1, -0.05) is 0 Å². The molecule has 0 amide bonds. The lowest BCUT2D eigenvalue weighted by Crippen LogP contribution is -2.21. The maximum Gasteiger partial charge on any atom is 0.0876 e. The minimum atomic E-state index is 0.181. The van der Waals surface area contributed by atoms with Gasteiger partial charge in [0, 0.05) is 6.20 Å². The van der Waals surface area contributed by atoms with Crippen LogP contribution in [0.1, 0.15) is 30.1 Å². The number of nitrogens with one attached hydrogen (secondary N) is 1. The van der Waals surface area contributed by atoms with Crippen LogP contribution in [-0.4, -0.2) is 18.6 Å². The number of likely N-dealkylation sites (N-methyl/N-ethyl adjacent to an activating group) is 1. The number of pyridine rings is 1. The Balaban J connectivity index is 2.25. The number of hydrogen-bond donors (Lipinski definition) is 1. The van der Waals surface area contributed by atoms with Crippen LogP contribution >= 0.6 is 0 Å². The van der Waals surface area contributed by atoms with Crippen LogP contribution in [-0.2, 0) is 4.74 Å². The Morgan fingerprint density at radius 3 is 3.00 bits per heavy atom. The summed E-state index contributed by atoms with van der Waals surface area (Å²) in [6, 6.07) is 4.32. The smallest absolute Gasteiger partial charge is 0.0876 e. The topological polar surface area (TPSA) is 34.1 Å². The standard InChI is InChI=1S/C13H18N2O/c1-10-5-6-15-12(8-10)13(14-2)11-4-3-7-16-9-11/h5-6,8-9,13-14H,3-4,7H2,1-2H3. The quantitative estimate of drug-likeness (QED) is 0.845. The molecule has 0 saturated carbocycles. The fourth-order valence-electron chi connectivity index (χ4n) is 2.04. The number of nitrogens with zero attached hydrogens (tertiary/aromatic N) is 1. The third-order valence-electron chi connectivity index (χ3n) is 2.85. The summed E-state index contributed by atoms with van der Waals surface area (Å²) in [5.41, 5.74) is 3.59. The zero-order valence-electron chi connectivity index (χ0n) is 9.86. The predicted molar refractivity (Wildman–Crippen MR) is 64.0 cm³/mol. The summed E-state index contributed by atoms with van der Waals surface area (Å²) in [6.45, 7) is 2.92. The lowest BCUT2D eigenvalue weighted by Gasteiger charge is -2.22. The van der Waals surface area contributed by atoms with Crippen LogP contribution in [0.3, 0.4) is 0 Å². The Labute approximate surface area is 96.5 Å². The lowest BCUT2D eigenvalue weighted by atomic mass is 9.98. The molecule has 0 spiro atoms. The molecule has 0 radical (unpaired) electrons. The highest BCUT2D eigenvalue weighted by Gasteiger charge is 2.18. The number of aromatic nitrogens is 1. The molecule has 1 aromatic rings. The highest BCUT2D eigenvalue weighted by atomic mass is 16.5. The average Bonchev–Trinajstić information content (AvgIpc) is 2.31. The van der Waals surface area contributed by atoms with Crippen LogP contribution in [0.25, 0.3) is 0 Å². The molecule has 86 valence electrons. The summed E-state index contributed by atoms with van der Waals surface area (Å²) < 4.78 is 5.39. The van der Waals surface area contributed by atoms with Crippen molar-refractivity contribution in [3.63, 3.8) is 0 Å². The normalized spacial score (nSPS) is 17.5. The first kappa shape index (κ1) is 11.1. The third-order valence-corrected chi connectivity index (χ3v) is 2.85. The van der Waals surface area contributed by atoms with Gasteiger partial charge in [-0.2, -0.15) is 0 Å². The fourth-order valence-corrected chi connectivity index (χ4v) is 2.04. The number of ether oxygens (including phenoxy) is 1. The van der Waals surface area contributed by atoms with Gasteiger partial charge in [-0.15, -0.1) is 0 Å². The van der Waals surface area contributed by atoms with Crippen LogP contribution < -0.4 is 5.32 Å². The van der Waals surface area contributed by atoms with Crippen LogP contribution in [0.5, 0.6) is 0 Å². The highest BCUT2D eigenvalue weighted by Crippen LogP contribution is 2.26. The van der Waals surface area contributed by atoms with Gasteiger partial charge in [0.1, 0.15) is 0 Å². The van der Waals surface area contributed by atoms with Gasteiger partial charge in [0.15, 0.2) is 0 Å². The van der Waals surface area contributed by atoms with E-state index in [0.29, 0.717) is 0 Å². The summed E-state index contributed by atoms with van der Waals surface area (Å²) in [6.07, 6.45) is 5.92. The van der Waals surface area contributed by atoms with Gasteiger partial charge in [0.25, 0.3) is 0 Å². The van der Waals surface area contributed by atoms with E-state index in [2.05, 4.69) is 23.3 Å². The Hall–Kier alpha value is -1.35. The van der Waals surface area contributed by atoms with Crippen LogP contribution in [0.4, 0.5) is 0 Å². The Morgan fingerprint density at radius 2 is 2.38 bits per heavy atom. The van der Waals surface area contributed by atoms with E-state index >= 15 is 0 Å². The number of hydrogen-bond acceptors (Lipinski definition) is 3. The maximum absolute atomic E-state index is 5.39. The van der Waals surface area contributed by atoms with E-state index < -0.39 is 0 Å². The second kappa shape index (κ2) is 5.12. The molecule has 1 aliphatic rings. The summed E-state index contributed by atoms with van der Waals surface area (Å²) in [5, 5.41) is 3.30. The summed E-state index contributed by atoms with van der Waals surface area (Å²) in [4.78, 5) is 4.43. The first-order chi connectivity index (χ1) is 7.81. The second-order valence-electron chi connectivity index (χ2n) is 4.15. The molecule has 0 saturated heterocycles. The average molecular weight is 218 g/mol. The van der Waals surface area contributed by atoms with E-state index in [1.54, 1.807) is 0 Å². The minimum absolute atomic E-state index is 0.181. The molecule has 2 heterocycles. The molecule has 3 heteroatoms. The van der Waals surface area contributed by atoms with Crippen molar-refractivity contribution in [1.82, 2.24) is 10.3 Å². The fraction of sp³-hybridized carbons (Fsp3) is 0.462. The number of aryl methyl sites for hydroxylation is 1. The molecule has 16 heavy (non-hydrogen) atoms. The van der Waals surface area contributed by atoms with Gasteiger partial charge in [0.2, 0.25) is 0 Å². The van der Waals surface area contributed by atoms with Crippen LogP contribution in [0, 0.1) is 6.92 Å². The summed E-state index contributed by atoms with van der Waals surface area (Å²) in [7, 11) is 1.96. The van der Waals surface area contributed by atoms with E-state index in [0.717, 1.165) is 25.1 Å². The van der Waals surface area contributed by atoms with Crippen molar-refractivity contribution in [2.75, 3.05) is 13.7 Å². The molecular weight excluding hydrogens is 200 g/mol. The van der Waals surface area contributed by atoms with Gasteiger partial charge in [-0.25, -0.2) is 0 Å². The minimum Gasteiger partial charge on any atom is -0.501 e. The van der Waals surface area contributed by atoms with Gasteiger partial charge >= 0.3 is 0 Å². The Kier molecular flexibility index (Phi) is 3.57. The molecule has 2 rings (SSSR count). The van der Waals surface area contributed by atoms with Crippen LogP contribution in [0.15, 0.2) is 30.2 Å². The Bertz CT molecular complexity index is 387. The molecule has 3 nitrogen and oxygen atoms in total. The molecule has 1 atom stereocenters. The van der Waals surface area contributed by atoms with Crippen molar-refractivity contribution in [3.8, 4) is 0 Å². The summed E-state index contributed by atoms with van der Waals surface area (Å²) >= 11 is 0. The van der Waals surface area contributed by atoms with E-state index in [1.165, 1.54) is 11.1 Å². The SMILES string of the molecule is CNC(C1=COCCC1)c1cc(C)ccn1. The van der Waals surface area contributed by atoms with Crippen molar-refractivity contribution >= 4 is 0 Å². The maximum atomic E-state index is 5.39. The molecule has 1 aliphatic heterocycles. The van der Waals surface area contributed by atoms with Crippen molar-refractivity contribution in [1.29, 1.82) is 0 Å². The molecule has 1 N–H and O–H groups in total. The molecule has 0 aromatic carbocycles. The molecule has 0 bridgehead atoms. The first-order valence-electron chi connectivity index (χ1n) is 5.71. The van der Waals surface area contributed by atoms with E-state index in [9.17, 15) is 0 Å². The van der Waals surface area contributed by atoms with Gasteiger partial charge < -0.3 is 10.1 Å². The summed E-state index contributed by atoms with van der Waals surface area (Å²) in [5.74, 6) is 0. The first-order valence-corrected chi connectivity index (χ1v) is 5.71. The van der Waals surface area contributed by atoms with Crippen LogP contribution in [0.2, 0.25) is 0 Å².